The molecule has 0 radical (unpaired) electrons. The quantitative estimate of drug-likeness (QED) is 0.769. The summed E-state index contributed by atoms with van der Waals surface area (Å²) in [6.45, 7) is 3.73. The monoisotopic (exact) mass is 390 g/mol. The highest BCUT2D eigenvalue weighted by atomic mass is 19.3. The molecule has 0 unspecified atom stereocenters. The lowest BCUT2D eigenvalue weighted by molar-refractivity contribution is -0.0565. The van der Waals surface area contributed by atoms with Crippen molar-refractivity contribution in [3.8, 4) is 11.8 Å². The molecule has 2 heterocycles. The third kappa shape index (κ3) is 6.47. The van der Waals surface area contributed by atoms with Gasteiger partial charge < -0.3 is 29.4 Å². The fraction of sp³-hybridized carbons (Fsp3) is 0.647. The minimum Gasteiger partial charge on any atom is -0.474 e. The van der Waals surface area contributed by atoms with E-state index in [4.69, 9.17) is 14.2 Å². The molecule has 1 aromatic rings. The van der Waals surface area contributed by atoms with E-state index in [0.29, 0.717) is 5.56 Å². The summed E-state index contributed by atoms with van der Waals surface area (Å²) >= 11 is 0. The molecule has 0 saturated heterocycles. The molecule has 0 saturated carbocycles. The van der Waals surface area contributed by atoms with E-state index < -0.39 is 36.6 Å². The van der Waals surface area contributed by atoms with Crippen LogP contribution in [0.1, 0.15) is 39.3 Å². The summed E-state index contributed by atoms with van der Waals surface area (Å²) in [4.78, 5) is 16.1. The summed E-state index contributed by atoms with van der Waals surface area (Å²) in [6.07, 6.45) is -2.03. The van der Waals surface area contributed by atoms with Gasteiger partial charge in [-0.1, -0.05) is 0 Å². The predicted octanol–water partition coefficient (Wildman–Crippen LogP) is 2.41. The maximum absolute atomic E-state index is 12.4. The molecular formula is C17H24F2N2O6. The molecule has 8 nitrogen and oxygen atoms in total. The number of aliphatic hydroxyl groups is 1. The largest absolute Gasteiger partial charge is 0.474 e. The van der Waals surface area contributed by atoms with Crippen molar-refractivity contribution in [2.75, 3.05) is 13.2 Å². The highest BCUT2D eigenvalue weighted by molar-refractivity contribution is 5.68. The van der Waals surface area contributed by atoms with Gasteiger partial charge in [0.05, 0.1) is 18.8 Å². The van der Waals surface area contributed by atoms with Crippen LogP contribution in [0.5, 0.6) is 11.8 Å². The minimum atomic E-state index is -3.02. The van der Waals surface area contributed by atoms with Crippen LogP contribution < -0.4 is 14.8 Å². The van der Waals surface area contributed by atoms with Crippen molar-refractivity contribution in [3.05, 3.63) is 17.7 Å². The van der Waals surface area contributed by atoms with Crippen molar-refractivity contribution in [3.63, 3.8) is 0 Å². The molecule has 0 spiro atoms. The lowest BCUT2D eigenvalue weighted by Crippen LogP contribution is -2.45. The van der Waals surface area contributed by atoms with Crippen molar-refractivity contribution in [2.24, 2.45) is 0 Å². The summed E-state index contributed by atoms with van der Waals surface area (Å²) in [6, 6.07) is 1.99. The van der Waals surface area contributed by atoms with Crippen LogP contribution in [0, 0.1) is 0 Å². The molecule has 2 rings (SSSR count). The van der Waals surface area contributed by atoms with Crippen molar-refractivity contribution in [2.45, 2.75) is 58.2 Å². The Labute approximate surface area is 155 Å². The maximum Gasteiger partial charge on any atom is 0.408 e. The number of alkyl halides is 2. The molecule has 152 valence electrons. The smallest absolute Gasteiger partial charge is 0.408 e. The zero-order valence-electron chi connectivity index (χ0n) is 15.6. The number of nitrogens with zero attached hydrogens (tertiary/aromatic N) is 1. The van der Waals surface area contributed by atoms with E-state index in [9.17, 15) is 18.7 Å². The maximum atomic E-state index is 12.4. The Kier molecular flexibility index (Phi) is 6.77. The highest BCUT2D eigenvalue weighted by Crippen LogP contribution is 2.34. The van der Waals surface area contributed by atoms with Gasteiger partial charge in [-0.2, -0.15) is 13.8 Å². The average molecular weight is 390 g/mol. The average Bonchev–Trinajstić information content (AvgIpc) is 2.51. The van der Waals surface area contributed by atoms with Crippen molar-refractivity contribution in [1.82, 2.24) is 10.3 Å². The molecule has 1 aliphatic rings. The molecule has 10 heteroatoms. The van der Waals surface area contributed by atoms with Crippen LogP contribution in [0.2, 0.25) is 0 Å². The SMILES string of the molecule is C[C@H](O)CO[C@@H]1COc2nc(OC(F)F)ccc2[C@@H]1NC(=O)OC(C)(C)C. The van der Waals surface area contributed by atoms with E-state index in [1.54, 1.807) is 27.7 Å². The van der Waals surface area contributed by atoms with Crippen molar-refractivity contribution in [1.29, 1.82) is 0 Å². The van der Waals surface area contributed by atoms with E-state index >= 15 is 0 Å². The molecule has 3 atom stereocenters. The second kappa shape index (κ2) is 8.66. The number of halogens is 2. The Bertz CT molecular complexity index is 651. The Morgan fingerprint density at radius 3 is 2.74 bits per heavy atom. The Hall–Kier alpha value is -2.20. The highest BCUT2D eigenvalue weighted by Gasteiger charge is 2.35. The molecule has 27 heavy (non-hydrogen) atoms. The first-order valence-corrected chi connectivity index (χ1v) is 8.43. The number of aliphatic hydroxyl groups excluding tert-OH is 1. The number of ether oxygens (including phenoxy) is 4. The zero-order valence-corrected chi connectivity index (χ0v) is 15.6. The number of amides is 1. The topological polar surface area (TPSA) is 99.1 Å². The van der Waals surface area contributed by atoms with Gasteiger partial charge in [0.1, 0.15) is 18.3 Å². The normalized spacial score (nSPS) is 20.4. The zero-order chi connectivity index (χ0) is 20.2. The Balaban J connectivity index is 2.23. The summed E-state index contributed by atoms with van der Waals surface area (Å²) in [7, 11) is 0. The van der Waals surface area contributed by atoms with E-state index in [-0.39, 0.29) is 25.0 Å². The van der Waals surface area contributed by atoms with Gasteiger partial charge in [-0.25, -0.2) is 4.79 Å². The summed E-state index contributed by atoms with van der Waals surface area (Å²) in [5.41, 5.74) is -0.286. The van der Waals surface area contributed by atoms with Crippen LogP contribution >= 0.6 is 0 Å². The molecule has 1 aromatic heterocycles. The molecule has 0 aliphatic carbocycles. The molecule has 2 N–H and O–H groups in total. The van der Waals surface area contributed by atoms with E-state index in [0.717, 1.165) is 0 Å². The van der Waals surface area contributed by atoms with Crippen molar-refractivity contribution < 1.29 is 37.6 Å². The second-order valence-electron chi connectivity index (χ2n) is 7.08. The first kappa shape index (κ1) is 21.1. The molecule has 0 aromatic carbocycles. The van der Waals surface area contributed by atoms with Gasteiger partial charge in [0.2, 0.25) is 11.8 Å². The summed E-state index contributed by atoms with van der Waals surface area (Å²) in [5.74, 6) is -0.255. The predicted molar refractivity (Wildman–Crippen MR) is 89.9 cm³/mol. The number of hydrogen-bond acceptors (Lipinski definition) is 7. The van der Waals surface area contributed by atoms with Crippen LogP contribution in [-0.4, -0.2) is 53.8 Å². The molecule has 1 aliphatic heterocycles. The molecule has 1 amide bonds. The van der Waals surface area contributed by atoms with E-state index in [1.807, 2.05) is 0 Å². The summed E-state index contributed by atoms with van der Waals surface area (Å²) < 4.78 is 45.4. The number of carbonyl (C=O) groups is 1. The van der Waals surface area contributed by atoms with Gasteiger partial charge in [-0.3, -0.25) is 0 Å². The van der Waals surface area contributed by atoms with Gasteiger partial charge in [-0.15, -0.1) is 0 Å². The number of fused-ring (bicyclic) bond motifs is 1. The number of hydrogen-bond donors (Lipinski definition) is 2. The standard InChI is InChI=1S/C17H24F2N2O6/c1-9(22)7-24-11-8-25-14-10(5-6-12(20-14)26-15(18)19)13(11)21-16(23)27-17(2,3)4/h5-6,9,11,13,15,22H,7-8H2,1-4H3,(H,21,23)/t9-,11+,13-/m0/s1. The lowest BCUT2D eigenvalue weighted by atomic mass is 10.0. The van der Waals surface area contributed by atoms with Gasteiger partial charge in [-0.05, 0) is 33.8 Å². The fourth-order valence-electron chi connectivity index (χ4n) is 2.41. The number of rotatable bonds is 6. The number of alkyl carbamates (subject to hydrolysis) is 1. The third-order valence-corrected chi connectivity index (χ3v) is 3.39. The van der Waals surface area contributed by atoms with E-state index in [1.165, 1.54) is 12.1 Å². The lowest BCUT2D eigenvalue weighted by Gasteiger charge is -2.34. The van der Waals surface area contributed by atoms with Gasteiger partial charge in [0.15, 0.2) is 0 Å². The number of nitrogens with one attached hydrogen (secondary N) is 1. The summed E-state index contributed by atoms with van der Waals surface area (Å²) in [5, 5.41) is 12.1. The number of aromatic nitrogens is 1. The first-order chi connectivity index (χ1) is 12.5. The van der Waals surface area contributed by atoms with Crippen LogP contribution in [0.3, 0.4) is 0 Å². The molecule has 0 bridgehead atoms. The number of pyridine rings is 1. The Morgan fingerprint density at radius 2 is 2.15 bits per heavy atom. The number of carbonyl (C=O) groups excluding carboxylic acids is 1. The van der Waals surface area contributed by atoms with Gasteiger partial charge >= 0.3 is 12.7 Å². The van der Waals surface area contributed by atoms with Gasteiger partial charge in [0, 0.05) is 11.6 Å². The Morgan fingerprint density at radius 1 is 1.44 bits per heavy atom. The minimum absolute atomic E-state index is 0.00861. The second-order valence-corrected chi connectivity index (χ2v) is 7.08. The first-order valence-electron chi connectivity index (χ1n) is 8.43. The van der Waals surface area contributed by atoms with Gasteiger partial charge in [0.25, 0.3) is 0 Å². The fourth-order valence-corrected chi connectivity index (χ4v) is 2.41. The molecular weight excluding hydrogens is 366 g/mol. The van der Waals surface area contributed by atoms with Crippen LogP contribution in [0.15, 0.2) is 12.1 Å². The van der Waals surface area contributed by atoms with Crippen molar-refractivity contribution >= 4 is 6.09 Å². The van der Waals surface area contributed by atoms with Crippen LogP contribution in [-0.2, 0) is 9.47 Å². The third-order valence-electron chi connectivity index (χ3n) is 3.39. The van der Waals surface area contributed by atoms with Crippen LogP contribution in [0.25, 0.3) is 0 Å². The van der Waals surface area contributed by atoms with E-state index in [2.05, 4.69) is 15.0 Å². The molecule has 0 fully saturated rings. The van der Waals surface area contributed by atoms with Crippen LogP contribution in [0.4, 0.5) is 13.6 Å².